The number of hydrogen-bond donors (Lipinski definition) is 0. The molecule has 0 unspecified atom stereocenters. The van der Waals surface area contributed by atoms with Crippen LogP contribution in [0.3, 0.4) is 0 Å². The molecule has 1 aliphatic rings. The summed E-state index contributed by atoms with van der Waals surface area (Å²) in [5.74, 6) is 0.619. The van der Waals surface area contributed by atoms with Gasteiger partial charge >= 0.3 is 118 Å². The molecule has 1 aromatic rings. The molecule has 1 aromatic heterocycles. The van der Waals surface area contributed by atoms with Crippen LogP contribution in [0, 0.1) is 11.3 Å². The zero-order valence-corrected chi connectivity index (χ0v) is 14.6. The number of nitrogens with zero attached hydrogens (tertiary/aromatic N) is 2. The molecule has 0 bridgehead atoms. The van der Waals surface area contributed by atoms with Gasteiger partial charge in [0.15, 0.2) is 0 Å². The van der Waals surface area contributed by atoms with E-state index in [4.69, 9.17) is 9.47 Å². The Morgan fingerprint density at radius 3 is 2.58 bits per heavy atom. The molecule has 0 radical (unpaired) electrons. The standard InChI is InChI=1S/C11H11N2O2.3CH3.Sn/c12-8-10-11(2-1-5-13-10)15-9-3-6-14-7-4-9;;;;/h1-2,9H,3-4,6-7H2;3*1H3;. The summed E-state index contributed by atoms with van der Waals surface area (Å²) in [5.41, 5.74) is 0.426. The molecule has 0 amide bonds. The van der Waals surface area contributed by atoms with E-state index in [9.17, 15) is 5.26 Å². The Hall–Kier alpha value is -0.801. The van der Waals surface area contributed by atoms with Crippen LogP contribution in [0.1, 0.15) is 18.5 Å². The van der Waals surface area contributed by atoms with Crippen LogP contribution >= 0.6 is 0 Å². The maximum atomic E-state index is 9.24. The first kappa shape index (κ1) is 14.6. The minimum absolute atomic E-state index is 0.145. The van der Waals surface area contributed by atoms with Crippen molar-refractivity contribution in [3.63, 3.8) is 0 Å². The van der Waals surface area contributed by atoms with Crippen LogP contribution in [-0.4, -0.2) is 42.7 Å². The third kappa shape index (κ3) is 3.83. The van der Waals surface area contributed by atoms with E-state index in [-0.39, 0.29) is 6.10 Å². The van der Waals surface area contributed by atoms with Crippen molar-refractivity contribution < 1.29 is 9.47 Å². The van der Waals surface area contributed by atoms with Gasteiger partial charge in [-0.3, -0.25) is 0 Å². The SMILES string of the molecule is [CH3][Sn]([CH3])([CH3])[c]1ccc(OC2CCOCC2)c(C#N)n1. The number of pyridine rings is 1. The molecule has 0 N–H and O–H groups in total. The van der Waals surface area contributed by atoms with Gasteiger partial charge in [-0.05, 0) is 0 Å². The molecule has 102 valence electrons. The first-order valence-electron chi connectivity index (χ1n) is 6.67. The van der Waals surface area contributed by atoms with Gasteiger partial charge in [0.25, 0.3) is 0 Å². The van der Waals surface area contributed by atoms with Crippen LogP contribution in [0.25, 0.3) is 0 Å². The van der Waals surface area contributed by atoms with Crippen LogP contribution < -0.4 is 8.45 Å². The molecule has 0 aromatic carbocycles. The summed E-state index contributed by atoms with van der Waals surface area (Å²) >= 11 is -2.22. The Bertz CT molecular complexity index is 485. The second-order valence-electron chi connectivity index (χ2n) is 5.83. The summed E-state index contributed by atoms with van der Waals surface area (Å²) in [7, 11) is 0. The Labute approximate surface area is 118 Å². The Kier molecular flexibility index (Phi) is 4.69. The Morgan fingerprint density at radius 1 is 1.32 bits per heavy atom. The van der Waals surface area contributed by atoms with Gasteiger partial charge < -0.3 is 0 Å². The molecule has 0 atom stereocenters. The van der Waals surface area contributed by atoms with E-state index in [1.807, 2.05) is 12.1 Å². The molecule has 0 spiro atoms. The Morgan fingerprint density at radius 2 is 2.00 bits per heavy atom. The molecule has 5 heteroatoms. The van der Waals surface area contributed by atoms with Crippen molar-refractivity contribution in [2.75, 3.05) is 13.2 Å². The summed E-state index contributed by atoms with van der Waals surface area (Å²) in [6.45, 7) is 1.47. The van der Waals surface area contributed by atoms with Gasteiger partial charge in [-0.25, -0.2) is 0 Å². The van der Waals surface area contributed by atoms with Gasteiger partial charge in [0.05, 0.1) is 0 Å². The second kappa shape index (κ2) is 6.10. The fraction of sp³-hybridized carbons (Fsp3) is 0.571. The van der Waals surface area contributed by atoms with Crippen LogP contribution in [0.2, 0.25) is 14.8 Å². The zero-order valence-electron chi connectivity index (χ0n) is 11.8. The first-order valence-corrected chi connectivity index (χ1v) is 16.7. The van der Waals surface area contributed by atoms with Gasteiger partial charge in [0, 0.05) is 0 Å². The van der Waals surface area contributed by atoms with Crippen molar-refractivity contribution >= 4 is 22.1 Å². The van der Waals surface area contributed by atoms with E-state index in [2.05, 4.69) is 25.9 Å². The zero-order chi connectivity index (χ0) is 13.9. The third-order valence-electron chi connectivity index (χ3n) is 3.19. The Balaban J connectivity index is 2.19. The normalized spacial score (nSPS) is 16.9. The van der Waals surface area contributed by atoms with Crippen molar-refractivity contribution in [3.05, 3.63) is 17.8 Å². The van der Waals surface area contributed by atoms with Crippen LogP contribution in [0.4, 0.5) is 0 Å². The maximum absolute atomic E-state index is 9.24. The van der Waals surface area contributed by atoms with Gasteiger partial charge in [0.1, 0.15) is 0 Å². The average molecular weight is 367 g/mol. The summed E-state index contributed by atoms with van der Waals surface area (Å²) in [5, 5.41) is 9.24. The average Bonchev–Trinajstić information content (AvgIpc) is 2.39. The molecular weight excluding hydrogens is 347 g/mol. The van der Waals surface area contributed by atoms with Crippen LogP contribution in [0.15, 0.2) is 12.1 Å². The van der Waals surface area contributed by atoms with E-state index in [0.29, 0.717) is 11.4 Å². The molecule has 2 heterocycles. The van der Waals surface area contributed by atoms with E-state index < -0.39 is 18.4 Å². The number of ether oxygens (including phenoxy) is 2. The number of hydrogen-bond acceptors (Lipinski definition) is 4. The molecular formula is C14H20N2O2Sn. The molecule has 2 rings (SSSR count). The van der Waals surface area contributed by atoms with Gasteiger partial charge in [-0.15, -0.1) is 0 Å². The van der Waals surface area contributed by atoms with E-state index >= 15 is 0 Å². The van der Waals surface area contributed by atoms with Crippen molar-refractivity contribution in [3.8, 4) is 11.8 Å². The second-order valence-corrected chi connectivity index (χ2v) is 20.1. The van der Waals surface area contributed by atoms with E-state index in [1.165, 1.54) is 0 Å². The first-order chi connectivity index (χ1) is 9.00. The van der Waals surface area contributed by atoms with Crippen molar-refractivity contribution in [2.24, 2.45) is 0 Å². The molecule has 1 saturated heterocycles. The monoisotopic (exact) mass is 368 g/mol. The van der Waals surface area contributed by atoms with Crippen molar-refractivity contribution in [2.45, 2.75) is 33.8 Å². The molecule has 0 saturated carbocycles. The predicted molar refractivity (Wildman–Crippen MR) is 76.4 cm³/mol. The number of rotatable bonds is 3. The summed E-state index contributed by atoms with van der Waals surface area (Å²) in [6, 6.07) is 6.11. The van der Waals surface area contributed by atoms with Gasteiger partial charge in [0.2, 0.25) is 0 Å². The minimum atomic E-state index is -2.22. The number of nitriles is 1. The molecule has 0 aliphatic carbocycles. The summed E-state index contributed by atoms with van der Waals surface area (Å²) in [6.07, 6.45) is 1.91. The molecule has 19 heavy (non-hydrogen) atoms. The number of aromatic nitrogens is 1. The quantitative estimate of drug-likeness (QED) is 0.768. The predicted octanol–water partition coefficient (Wildman–Crippen LogP) is 2.06. The molecule has 4 nitrogen and oxygen atoms in total. The van der Waals surface area contributed by atoms with E-state index in [0.717, 1.165) is 29.8 Å². The van der Waals surface area contributed by atoms with Gasteiger partial charge in [-0.1, -0.05) is 0 Å². The third-order valence-corrected chi connectivity index (χ3v) is 8.38. The van der Waals surface area contributed by atoms with E-state index in [1.54, 1.807) is 0 Å². The summed E-state index contributed by atoms with van der Waals surface area (Å²) in [4.78, 5) is 11.4. The van der Waals surface area contributed by atoms with Crippen molar-refractivity contribution in [1.82, 2.24) is 4.98 Å². The molecule has 1 fully saturated rings. The van der Waals surface area contributed by atoms with Crippen LogP contribution in [0.5, 0.6) is 5.75 Å². The summed E-state index contributed by atoms with van der Waals surface area (Å²) < 4.78 is 12.3. The van der Waals surface area contributed by atoms with Crippen molar-refractivity contribution in [1.29, 1.82) is 5.26 Å². The topological polar surface area (TPSA) is 55.1 Å². The van der Waals surface area contributed by atoms with Gasteiger partial charge in [-0.2, -0.15) is 0 Å². The molecule has 1 aliphatic heterocycles. The fourth-order valence-corrected chi connectivity index (χ4v) is 4.95. The van der Waals surface area contributed by atoms with Crippen LogP contribution in [-0.2, 0) is 4.74 Å². The fourth-order valence-electron chi connectivity index (χ4n) is 2.01.